The van der Waals surface area contributed by atoms with E-state index in [0.29, 0.717) is 37.7 Å². The van der Waals surface area contributed by atoms with Crippen LogP contribution in [0.25, 0.3) is 0 Å². The highest BCUT2D eigenvalue weighted by molar-refractivity contribution is 5.95. The Balaban J connectivity index is 1.18. The summed E-state index contributed by atoms with van der Waals surface area (Å²) in [5.41, 5.74) is 0.988. The standard InChI is InChI=1S/C37H53N7O4/c1-25(41(5)18-26-12-8-6-9-13-26)31(33(46)38-4)40-32(45)30-21-42(22-37(30)23-43(24-37)35(48)29-16-36(29,2)3)34(47)28-17-39-44(20-28)19-27-14-10-7-11-15-27/h7,10-11,14-15,17,20,25-26,29-31H,6,8-9,12-13,16,18-19,21-24H2,1-5H3,(H,38,46)(H,40,45)/t25-,29-,30+,31+/m1/s1. The SMILES string of the molecule is CNC(=O)[C@@H](NC(=O)[C@@H]1CN(C(=O)c2cnn(Cc3ccccc3)c2)CC12CN(C(=O)[C@H]1CC1(C)C)C2)[C@@H](C)N(C)CC1CCCCC1. The van der Waals surface area contributed by atoms with Crippen LogP contribution in [0.1, 0.15) is 75.2 Å². The van der Waals surface area contributed by atoms with Crippen molar-refractivity contribution in [3.8, 4) is 0 Å². The van der Waals surface area contributed by atoms with Gasteiger partial charge in [-0.3, -0.25) is 23.9 Å². The van der Waals surface area contributed by atoms with E-state index < -0.39 is 17.4 Å². The van der Waals surface area contributed by atoms with E-state index in [-0.39, 0.29) is 47.5 Å². The van der Waals surface area contributed by atoms with Gasteiger partial charge in [0.15, 0.2) is 0 Å². The lowest BCUT2D eigenvalue weighted by Crippen LogP contribution is -2.66. The Hall–Kier alpha value is -3.73. The van der Waals surface area contributed by atoms with Crippen molar-refractivity contribution in [2.45, 2.75) is 77.9 Å². The molecule has 3 heterocycles. The highest BCUT2D eigenvalue weighted by Gasteiger charge is 2.62. The summed E-state index contributed by atoms with van der Waals surface area (Å²) >= 11 is 0. The minimum absolute atomic E-state index is 0.00865. The lowest BCUT2D eigenvalue weighted by atomic mass is 9.70. The summed E-state index contributed by atoms with van der Waals surface area (Å²) in [5.74, 6) is -0.473. The second-order valence-electron chi connectivity index (χ2n) is 15.7. The predicted octanol–water partition coefficient (Wildman–Crippen LogP) is 3.01. The van der Waals surface area contributed by atoms with Crippen LogP contribution in [-0.4, -0.2) is 107 Å². The number of hydrogen-bond donors (Lipinski definition) is 2. The first kappa shape index (κ1) is 34.1. The number of likely N-dealkylation sites (tertiary alicyclic amines) is 2. The number of carbonyl (C=O) groups excluding carboxylic acids is 4. The first-order valence-corrected chi connectivity index (χ1v) is 17.8. The second-order valence-corrected chi connectivity index (χ2v) is 15.7. The van der Waals surface area contributed by atoms with Crippen LogP contribution < -0.4 is 10.6 Å². The van der Waals surface area contributed by atoms with Crippen molar-refractivity contribution >= 4 is 23.6 Å². The van der Waals surface area contributed by atoms with E-state index in [1.165, 1.54) is 32.1 Å². The lowest BCUT2D eigenvalue weighted by molar-refractivity contribution is -0.152. The Labute approximate surface area is 284 Å². The summed E-state index contributed by atoms with van der Waals surface area (Å²) in [6.45, 7) is 9.09. The molecule has 6 rings (SSSR count). The maximum absolute atomic E-state index is 14.3. The molecular weight excluding hydrogens is 606 g/mol. The van der Waals surface area contributed by atoms with Crippen molar-refractivity contribution < 1.29 is 19.2 Å². The zero-order chi connectivity index (χ0) is 34.2. The number of benzene rings is 1. The normalized spacial score (nSPS) is 24.2. The highest BCUT2D eigenvalue weighted by Crippen LogP contribution is 2.54. The molecule has 11 nitrogen and oxygen atoms in total. The first-order valence-electron chi connectivity index (χ1n) is 17.8. The van der Waals surface area contributed by atoms with Crippen molar-refractivity contribution in [3.05, 3.63) is 53.9 Å². The Bertz CT molecular complexity index is 1490. The van der Waals surface area contributed by atoms with E-state index in [1.54, 1.807) is 29.0 Å². The van der Waals surface area contributed by atoms with E-state index >= 15 is 0 Å². The van der Waals surface area contributed by atoms with Crippen molar-refractivity contribution in [1.29, 1.82) is 0 Å². The predicted molar refractivity (Wildman–Crippen MR) is 183 cm³/mol. The monoisotopic (exact) mass is 659 g/mol. The van der Waals surface area contributed by atoms with Gasteiger partial charge in [-0.1, -0.05) is 63.4 Å². The van der Waals surface area contributed by atoms with Gasteiger partial charge in [-0.25, -0.2) is 0 Å². The molecule has 2 saturated heterocycles. The fourth-order valence-corrected chi connectivity index (χ4v) is 8.31. The fraction of sp³-hybridized carbons (Fsp3) is 0.649. The first-order chi connectivity index (χ1) is 22.9. The zero-order valence-electron chi connectivity index (χ0n) is 29.3. The van der Waals surface area contributed by atoms with Crippen LogP contribution in [0.15, 0.2) is 42.7 Å². The van der Waals surface area contributed by atoms with Crippen LogP contribution in [0.2, 0.25) is 0 Å². The van der Waals surface area contributed by atoms with Crippen LogP contribution in [0.4, 0.5) is 0 Å². The van der Waals surface area contributed by atoms with Gasteiger partial charge < -0.3 is 25.3 Å². The topological polar surface area (TPSA) is 120 Å². The fourth-order valence-electron chi connectivity index (χ4n) is 8.31. The van der Waals surface area contributed by atoms with E-state index in [0.717, 1.165) is 18.5 Å². The molecule has 4 atom stereocenters. The maximum Gasteiger partial charge on any atom is 0.257 e. The van der Waals surface area contributed by atoms with E-state index in [4.69, 9.17) is 0 Å². The summed E-state index contributed by atoms with van der Waals surface area (Å²) in [6, 6.07) is 8.97. The molecular formula is C37H53N7O4. The van der Waals surface area contributed by atoms with Crippen LogP contribution in [0.5, 0.6) is 0 Å². The number of nitrogens with zero attached hydrogens (tertiary/aromatic N) is 5. The number of hydrogen-bond acceptors (Lipinski definition) is 6. The Morgan fingerprint density at radius 2 is 1.67 bits per heavy atom. The molecule has 260 valence electrons. The van der Waals surface area contributed by atoms with Crippen LogP contribution in [-0.2, 0) is 20.9 Å². The van der Waals surface area contributed by atoms with Gasteiger partial charge in [0.1, 0.15) is 6.04 Å². The van der Waals surface area contributed by atoms with Gasteiger partial charge in [0.2, 0.25) is 17.7 Å². The lowest BCUT2D eigenvalue weighted by Gasteiger charge is -2.50. The molecule has 1 spiro atoms. The van der Waals surface area contributed by atoms with Crippen molar-refractivity contribution in [3.63, 3.8) is 0 Å². The number of amides is 4. The van der Waals surface area contributed by atoms with Crippen molar-refractivity contribution in [2.24, 2.45) is 28.6 Å². The molecule has 2 aromatic rings. The van der Waals surface area contributed by atoms with Gasteiger partial charge >= 0.3 is 0 Å². The van der Waals surface area contributed by atoms with Gasteiger partial charge in [-0.05, 0) is 50.1 Å². The van der Waals surface area contributed by atoms with Crippen LogP contribution in [0, 0.1) is 28.6 Å². The smallest absolute Gasteiger partial charge is 0.257 e. The quantitative estimate of drug-likeness (QED) is 0.383. The van der Waals surface area contributed by atoms with Gasteiger partial charge in [0.25, 0.3) is 5.91 Å². The molecule has 0 radical (unpaired) electrons. The largest absolute Gasteiger partial charge is 0.357 e. The Morgan fingerprint density at radius 1 is 1.00 bits per heavy atom. The summed E-state index contributed by atoms with van der Waals surface area (Å²) < 4.78 is 1.75. The molecule has 48 heavy (non-hydrogen) atoms. The van der Waals surface area contributed by atoms with Gasteiger partial charge in [0, 0.05) is 63.3 Å². The number of rotatable bonds is 11. The third-order valence-electron chi connectivity index (χ3n) is 11.7. The van der Waals surface area contributed by atoms with Gasteiger partial charge in [-0.2, -0.15) is 5.10 Å². The molecule has 2 saturated carbocycles. The van der Waals surface area contributed by atoms with Crippen LogP contribution in [0.3, 0.4) is 0 Å². The average Bonchev–Trinajstić information content (AvgIpc) is 3.37. The average molecular weight is 660 g/mol. The van der Waals surface area contributed by atoms with Gasteiger partial charge in [-0.15, -0.1) is 0 Å². The molecule has 2 aliphatic carbocycles. The molecule has 4 aliphatic rings. The Morgan fingerprint density at radius 3 is 2.31 bits per heavy atom. The van der Waals surface area contributed by atoms with Gasteiger partial charge in [0.05, 0.1) is 24.2 Å². The summed E-state index contributed by atoms with van der Waals surface area (Å²) in [5, 5.41) is 10.3. The number of nitrogens with one attached hydrogen (secondary N) is 2. The molecule has 0 unspecified atom stereocenters. The Kier molecular flexibility index (Phi) is 9.71. The molecule has 4 amide bonds. The summed E-state index contributed by atoms with van der Waals surface area (Å²) in [4.78, 5) is 60.5. The zero-order valence-corrected chi connectivity index (χ0v) is 29.3. The second kappa shape index (κ2) is 13.6. The highest BCUT2D eigenvalue weighted by atomic mass is 16.2. The van der Waals surface area contributed by atoms with E-state index in [1.807, 2.05) is 49.2 Å². The number of likely N-dealkylation sites (N-methyl/N-ethyl adjacent to an activating group) is 2. The third kappa shape index (κ3) is 7.02. The van der Waals surface area contributed by atoms with Crippen LogP contribution >= 0.6 is 0 Å². The number of carbonyl (C=O) groups is 4. The maximum atomic E-state index is 14.3. The third-order valence-corrected chi connectivity index (χ3v) is 11.7. The van der Waals surface area contributed by atoms with Crippen molar-refractivity contribution in [2.75, 3.05) is 46.8 Å². The molecule has 11 heteroatoms. The van der Waals surface area contributed by atoms with E-state index in [2.05, 4.69) is 34.5 Å². The summed E-state index contributed by atoms with van der Waals surface area (Å²) in [7, 11) is 3.63. The molecule has 0 bridgehead atoms. The molecule has 1 aromatic heterocycles. The molecule has 1 aromatic carbocycles. The minimum Gasteiger partial charge on any atom is -0.357 e. The van der Waals surface area contributed by atoms with Crippen molar-refractivity contribution in [1.82, 2.24) is 35.1 Å². The molecule has 2 N–H and O–H groups in total. The summed E-state index contributed by atoms with van der Waals surface area (Å²) in [6.07, 6.45) is 10.4. The van der Waals surface area contributed by atoms with E-state index in [9.17, 15) is 19.2 Å². The molecule has 4 fully saturated rings. The number of aromatic nitrogens is 2. The minimum atomic E-state index is -0.751. The molecule has 2 aliphatic heterocycles.